The van der Waals surface area contributed by atoms with Crippen LogP contribution in [-0.4, -0.2) is 33.9 Å². The van der Waals surface area contributed by atoms with E-state index < -0.39 is 16.0 Å². The molecule has 28 heavy (non-hydrogen) atoms. The molecule has 0 aromatic heterocycles. The summed E-state index contributed by atoms with van der Waals surface area (Å²) in [6, 6.07) is 13.4. The number of ether oxygens (including phenoxy) is 1. The fourth-order valence-electron chi connectivity index (χ4n) is 2.48. The van der Waals surface area contributed by atoms with Crippen molar-refractivity contribution in [2.45, 2.75) is 18.2 Å². The first-order valence-corrected chi connectivity index (χ1v) is 10.0. The molecule has 0 unspecified atom stereocenters. The van der Waals surface area contributed by atoms with Gasteiger partial charge in [0.05, 0.1) is 12.0 Å². The van der Waals surface area contributed by atoms with Crippen LogP contribution in [0.4, 0.5) is 0 Å². The summed E-state index contributed by atoms with van der Waals surface area (Å²) >= 11 is 0. The summed E-state index contributed by atoms with van der Waals surface area (Å²) in [4.78, 5) is 11.4. The van der Waals surface area contributed by atoms with Crippen LogP contribution in [0, 0.1) is 5.41 Å². The minimum Gasteiger partial charge on any atom is -0.466 e. The molecule has 0 saturated heterocycles. The van der Waals surface area contributed by atoms with Crippen molar-refractivity contribution in [3.8, 4) is 0 Å². The summed E-state index contributed by atoms with van der Waals surface area (Å²) in [6.45, 7) is 2.06. The van der Waals surface area contributed by atoms with E-state index in [1.807, 2.05) is 31.2 Å². The number of nitrogens with two attached hydrogens (primary N) is 1. The number of amidine groups is 1. The number of sulfonamides is 1. The van der Waals surface area contributed by atoms with E-state index in [1.165, 1.54) is 37.5 Å². The Morgan fingerprint density at radius 3 is 2.21 bits per heavy atom. The molecule has 0 amide bonds. The summed E-state index contributed by atoms with van der Waals surface area (Å²) in [5.41, 5.74) is 8.47. The van der Waals surface area contributed by atoms with Crippen LogP contribution in [0.1, 0.15) is 23.6 Å². The Labute approximate surface area is 164 Å². The molecular formula is C20H23N3O4S. The minimum atomic E-state index is -3.63. The Bertz CT molecular complexity index is 979. The molecule has 8 heteroatoms. The fraction of sp³-hybridized carbons (Fsp3) is 0.200. The summed E-state index contributed by atoms with van der Waals surface area (Å²) < 4.78 is 31.8. The van der Waals surface area contributed by atoms with E-state index in [4.69, 9.17) is 11.1 Å². The normalized spacial score (nSPS) is 11.9. The van der Waals surface area contributed by atoms with E-state index in [2.05, 4.69) is 9.46 Å². The number of carbonyl (C=O) groups is 1. The smallest absolute Gasteiger partial charge is 0.330 e. The minimum absolute atomic E-state index is 0.114. The summed E-state index contributed by atoms with van der Waals surface area (Å²) in [5.74, 6) is -0.524. The second-order valence-electron chi connectivity index (χ2n) is 6.13. The maximum Gasteiger partial charge on any atom is 0.330 e. The van der Waals surface area contributed by atoms with E-state index in [1.54, 1.807) is 0 Å². The van der Waals surface area contributed by atoms with Crippen molar-refractivity contribution in [2.75, 3.05) is 13.7 Å². The average molecular weight is 401 g/mol. The number of carbonyl (C=O) groups excluding carboxylic acids is 1. The van der Waals surface area contributed by atoms with Gasteiger partial charge in [-0.15, -0.1) is 0 Å². The van der Waals surface area contributed by atoms with Gasteiger partial charge in [-0.25, -0.2) is 17.9 Å². The van der Waals surface area contributed by atoms with E-state index in [9.17, 15) is 13.2 Å². The Balaban J connectivity index is 1.96. The topological polar surface area (TPSA) is 122 Å². The first-order valence-electron chi connectivity index (χ1n) is 8.52. The van der Waals surface area contributed by atoms with Crippen LogP contribution in [0.2, 0.25) is 0 Å². The number of nitrogen functional groups attached to an aromatic ring is 1. The SMILES string of the molecule is COC(=O)C=C(C)c1ccc(CCNS(=O)(=O)c2ccc(C(=N)N)cc2)cc1. The van der Waals surface area contributed by atoms with Crippen molar-refractivity contribution in [3.05, 3.63) is 71.3 Å². The van der Waals surface area contributed by atoms with Gasteiger partial charge in [-0.2, -0.15) is 0 Å². The predicted octanol–water partition coefficient (Wildman–Crippen LogP) is 2.07. The predicted molar refractivity (Wildman–Crippen MR) is 108 cm³/mol. The van der Waals surface area contributed by atoms with Gasteiger partial charge in [0.1, 0.15) is 5.84 Å². The highest BCUT2D eigenvalue weighted by atomic mass is 32.2. The molecule has 2 rings (SSSR count). The van der Waals surface area contributed by atoms with Crippen LogP contribution < -0.4 is 10.5 Å². The molecule has 0 saturated carbocycles. The number of allylic oxidation sites excluding steroid dienone is 1. The number of benzene rings is 2. The fourth-order valence-corrected chi connectivity index (χ4v) is 3.51. The first-order chi connectivity index (χ1) is 13.2. The van der Waals surface area contributed by atoms with Gasteiger partial charge in [0, 0.05) is 18.2 Å². The number of rotatable bonds is 8. The van der Waals surface area contributed by atoms with Crippen LogP contribution in [0.15, 0.2) is 59.5 Å². The van der Waals surface area contributed by atoms with Crippen LogP contribution in [0.5, 0.6) is 0 Å². The molecular weight excluding hydrogens is 378 g/mol. The Morgan fingerprint density at radius 1 is 1.11 bits per heavy atom. The van der Waals surface area contributed by atoms with Crippen molar-refractivity contribution in [1.29, 1.82) is 5.41 Å². The largest absolute Gasteiger partial charge is 0.466 e. The van der Waals surface area contributed by atoms with Gasteiger partial charge in [-0.05, 0) is 54.3 Å². The maximum atomic E-state index is 12.3. The average Bonchev–Trinajstić information content (AvgIpc) is 2.68. The molecule has 0 bridgehead atoms. The van der Waals surface area contributed by atoms with Crippen LogP contribution in [0.25, 0.3) is 5.57 Å². The van der Waals surface area contributed by atoms with Crippen LogP contribution in [0.3, 0.4) is 0 Å². The second-order valence-corrected chi connectivity index (χ2v) is 7.90. The molecule has 4 N–H and O–H groups in total. The Kier molecular flexibility index (Phi) is 7.08. The first kappa shape index (κ1) is 21.3. The number of esters is 1. The molecule has 0 radical (unpaired) electrons. The zero-order chi connectivity index (χ0) is 20.7. The molecule has 0 aliphatic rings. The van der Waals surface area contributed by atoms with Crippen molar-refractivity contribution in [2.24, 2.45) is 5.73 Å². The monoisotopic (exact) mass is 401 g/mol. The molecule has 0 heterocycles. The highest BCUT2D eigenvalue weighted by Gasteiger charge is 2.13. The molecule has 7 nitrogen and oxygen atoms in total. The van der Waals surface area contributed by atoms with Crippen LogP contribution in [-0.2, 0) is 26.0 Å². The number of nitrogens with one attached hydrogen (secondary N) is 2. The van der Waals surface area contributed by atoms with Crippen molar-refractivity contribution >= 4 is 27.4 Å². The standard InChI is InChI=1S/C20H23N3O4S/c1-14(13-19(24)27-2)16-5-3-15(4-6-16)11-12-23-28(25,26)18-9-7-17(8-10-18)20(21)22/h3-10,13,23H,11-12H2,1-2H3,(H3,21,22). The van der Waals surface area contributed by atoms with E-state index >= 15 is 0 Å². The molecule has 148 valence electrons. The lowest BCUT2D eigenvalue weighted by Crippen LogP contribution is -2.26. The molecule has 2 aromatic carbocycles. The Hall–Kier alpha value is -2.97. The number of hydrogen-bond acceptors (Lipinski definition) is 5. The zero-order valence-corrected chi connectivity index (χ0v) is 16.5. The quantitative estimate of drug-likeness (QED) is 0.270. The summed E-state index contributed by atoms with van der Waals surface area (Å²) in [6.07, 6.45) is 1.94. The van der Waals surface area contributed by atoms with Gasteiger partial charge >= 0.3 is 5.97 Å². The van der Waals surface area contributed by atoms with Crippen molar-refractivity contribution in [3.63, 3.8) is 0 Å². The molecule has 0 fully saturated rings. The molecule has 0 aliphatic heterocycles. The highest BCUT2D eigenvalue weighted by molar-refractivity contribution is 7.89. The van der Waals surface area contributed by atoms with Crippen molar-refractivity contribution in [1.82, 2.24) is 4.72 Å². The Morgan fingerprint density at radius 2 is 1.68 bits per heavy atom. The summed E-state index contributed by atoms with van der Waals surface area (Å²) in [7, 11) is -2.31. The molecule has 2 aromatic rings. The van der Waals surface area contributed by atoms with Crippen LogP contribution >= 0.6 is 0 Å². The number of hydrogen-bond donors (Lipinski definition) is 3. The third-order valence-electron chi connectivity index (χ3n) is 4.13. The lowest BCUT2D eigenvalue weighted by molar-refractivity contribution is -0.134. The zero-order valence-electron chi connectivity index (χ0n) is 15.7. The van der Waals surface area contributed by atoms with Gasteiger partial charge in [0.25, 0.3) is 0 Å². The summed E-state index contributed by atoms with van der Waals surface area (Å²) in [5, 5.41) is 7.34. The lowest BCUT2D eigenvalue weighted by atomic mass is 10.0. The third-order valence-corrected chi connectivity index (χ3v) is 5.60. The third kappa shape index (κ3) is 5.77. The molecule has 0 aliphatic carbocycles. The van der Waals surface area contributed by atoms with E-state index in [0.717, 1.165) is 16.7 Å². The van der Waals surface area contributed by atoms with E-state index in [0.29, 0.717) is 12.0 Å². The van der Waals surface area contributed by atoms with Gasteiger partial charge in [-0.1, -0.05) is 24.3 Å². The van der Waals surface area contributed by atoms with Gasteiger partial charge in [0.15, 0.2) is 0 Å². The van der Waals surface area contributed by atoms with Gasteiger partial charge in [-0.3, -0.25) is 5.41 Å². The van der Waals surface area contributed by atoms with Gasteiger partial charge < -0.3 is 10.5 Å². The second kappa shape index (κ2) is 9.29. The lowest BCUT2D eigenvalue weighted by Gasteiger charge is -2.08. The molecule has 0 spiro atoms. The van der Waals surface area contributed by atoms with Crippen molar-refractivity contribution < 1.29 is 17.9 Å². The molecule has 0 atom stereocenters. The van der Waals surface area contributed by atoms with Gasteiger partial charge in [0.2, 0.25) is 10.0 Å². The van der Waals surface area contributed by atoms with E-state index in [-0.39, 0.29) is 17.3 Å². The number of methoxy groups -OCH3 is 1. The maximum absolute atomic E-state index is 12.3. The highest BCUT2D eigenvalue weighted by Crippen LogP contribution is 2.15.